The van der Waals surface area contributed by atoms with Gasteiger partial charge in [0.15, 0.2) is 0 Å². The average molecular weight is 211 g/mol. The standard InChI is InChI=1S/C12H25N3/c1-10(2)9-14-3-5-15(6-4-14)12-7-11(13)8-12/h10-12H,3-9,13H2,1-2H3. The van der Waals surface area contributed by atoms with E-state index in [0.29, 0.717) is 6.04 Å². The Morgan fingerprint density at radius 2 is 1.73 bits per heavy atom. The van der Waals surface area contributed by atoms with Gasteiger partial charge in [-0.2, -0.15) is 0 Å². The molecule has 0 bridgehead atoms. The highest BCUT2D eigenvalue weighted by Gasteiger charge is 2.32. The molecule has 0 atom stereocenters. The lowest BCUT2D eigenvalue weighted by Gasteiger charge is -2.45. The highest BCUT2D eigenvalue weighted by atomic mass is 15.3. The van der Waals surface area contributed by atoms with Crippen LogP contribution >= 0.6 is 0 Å². The van der Waals surface area contributed by atoms with Crippen molar-refractivity contribution in [2.75, 3.05) is 32.7 Å². The van der Waals surface area contributed by atoms with Gasteiger partial charge in [-0.3, -0.25) is 4.90 Å². The minimum absolute atomic E-state index is 0.490. The molecule has 1 aliphatic heterocycles. The van der Waals surface area contributed by atoms with Gasteiger partial charge in [-0.15, -0.1) is 0 Å². The van der Waals surface area contributed by atoms with Gasteiger partial charge in [0.1, 0.15) is 0 Å². The van der Waals surface area contributed by atoms with E-state index in [1.54, 1.807) is 0 Å². The molecule has 0 spiro atoms. The van der Waals surface area contributed by atoms with Gasteiger partial charge in [0.2, 0.25) is 0 Å². The highest BCUT2D eigenvalue weighted by Crippen LogP contribution is 2.24. The minimum atomic E-state index is 0.490. The van der Waals surface area contributed by atoms with Gasteiger partial charge >= 0.3 is 0 Å². The smallest absolute Gasteiger partial charge is 0.0126 e. The van der Waals surface area contributed by atoms with Crippen LogP contribution in [0.3, 0.4) is 0 Å². The molecule has 2 rings (SSSR count). The third-order valence-electron chi connectivity index (χ3n) is 3.70. The Bertz CT molecular complexity index is 191. The molecule has 1 heterocycles. The molecule has 1 aliphatic carbocycles. The molecular weight excluding hydrogens is 186 g/mol. The summed E-state index contributed by atoms with van der Waals surface area (Å²) in [5, 5.41) is 0. The molecule has 3 nitrogen and oxygen atoms in total. The first-order valence-electron chi connectivity index (χ1n) is 6.37. The molecule has 3 heteroatoms. The SMILES string of the molecule is CC(C)CN1CCN(C2CC(N)C2)CC1. The van der Waals surface area contributed by atoms with Crippen LogP contribution in [-0.4, -0.2) is 54.6 Å². The first kappa shape index (κ1) is 11.4. The second-order valence-electron chi connectivity index (χ2n) is 5.62. The number of rotatable bonds is 3. The summed E-state index contributed by atoms with van der Waals surface area (Å²) in [4.78, 5) is 5.24. The number of hydrogen-bond donors (Lipinski definition) is 1. The minimum Gasteiger partial charge on any atom is -0.328 e. The van der Waals surface area contributed by atoms with Crippen LogP contribution in [-0.2, 0) is 0 Å². The van der Waals surface area contributed by atoms with E-state index in [1.807, 2.05) is 0 Å². The second-order valence-corrected chi connectivity index (χ2v) is 5.62. The Balaban J connectivity index is 1.68. The zero-order valence-corrected chi connectivity index (χ0v) is 10.2. The van der Waals surface area contributed by atoms with Crippen molar-refractivity contribution in [3.8, 4) is 0 Å². The summed E-state index contributed by atoms with van der Waals surface area (Å²) in [5.74, 6) is 0.800. The molecule has 88 valence electrons. The van der Waals surface area contributed by atoms with E-state index in [-0.39, 0.29) is 0 Å². The fourth-order valence-corrected chi connectivity index (χ4v) is 2.76. The van der Waals surface area contributed by atoms with Crippen LogP contribution in [0.2, 0.25) is 0 Å². The van der Waals surface area contributed by atoms with Gasteiger partial charge < -0.3 is 10.6 Å². The number of nitrogens with two attached hydrogens (primary N) is 1. The normalized spacial score (nSPS) is 34.4. The maximum atomic E-state index is 5.83. The molecule has 15 heavy (non-hydrogen) atoms. The molecule has 0 aromatic rings. The third kappa shape index (κ3) is 2.92. The van der Waals surface area contributed by atoms with Crippen LogP contribution in [0.4, 0.5) is 0 Å². The van der Waals surface area contributed by atoms with Crippen molar-refractivity contribution in [3.05, 3.63) is 0 Å². The molecule has 1 saturated carbocycles. The summed E-state index contributed by atoms with van der Waals surface area (Å²) in [5.41, 5.74) is 5.83. The van der Waals surface area contributed by atoms with Gasteiger partial charge in [-0.25, -0.2) is 0 Å². The van der Waals surface area contributed by atoms with E-state index in [1.165, 1.54) is 45.6 Å². The maximum absolute atomic E-state index is 5.83. The van der Waals surface area contributed by atoms with Crippen LogP contribution in [0.25, 0.3) is 0 Å². The maximum Gasteiger partial charge on any atom is 0.0126 e. The molecule has 2 fully saturated rings. The molecule has 0 aromatic carbocycles. The van der Waals surface area contributed by atoms with Crippen molar-refractivity contribution < 1.29 is 0 Å². The fourth-order valence-electron chi connectivity index (χ4n) is 2.76. The Labute approximate surface area is 93.6 Å². The number of nitrogens with zero attached hydrogens (tertiary/aromatic N) is 2. The van der Waals surface area contributed by atoms with Gasteiger partial charge in [0.05, 0.1) is 0 Å². The Kier molecular flexibility index (Phi) is 3.65. The Hall–Kier alpha value is -0.120. The van der Waals surface area contributed by atoms with E-state index in [4.69, 9.17) is 5.73 Å². The van der Waals surface area contributed by atoms with Crippen LogP contribution in [0.5, 0.6) is 0 Å². The molecule has 2 N–H and O–H groups in total. The first-order chi connectivity index (χ1) is 7.15. The zero-order valence-electron chi connectivity index (χ0n) is 10.2. The second kappa shape index (κ2) is 4.81. The van der Waals surface area contributed by atoms with E-state index < -0.39 is 0 Å². The summed E-state index contributed by atoms with van der Waals surface area (Å²) in [6.45, 7) is 10.9. The molecule has 2 aliphatic rings. The van der Waals surface area contributed by atoms with Gasteiger partial charge in [0.25, 0.3) is 0 Å². The van der Waals surface area contributed by atoms with Crippen molar-refractivity contribution >= 4 is 0 Å². The molecule has 1 saturated heterocycles. The molecular formula is C12H25N3. The summed E-state index contributed by atoms with van der Waals surface area (Å²) < 4.78 is 0. The zero-order chi connectivity index (χ0) is 10.8. The predicted molar refractivity (Wildman–Crippen MR) is 63.8 cm³/mol. The van der Waals surface area contributed by atoms with Crippen molar-refractivity contribution in [1.29, 1.82) is 0 Å². The lowest BCUT2D eigenvalue weighted by molar-refractivity contribution is 0.0488. The first-order valence-corrected chi connectivity index (χ1v) is 6.37. The van der Waals surface area contributed by atoms with Crippen LogP contribution in [0.1, 0.15) is 26.7 Å². The van der Waals surface area contributed by atoms with Crippen molar-refractivity contribution in [2.45, 2.75) is 38.8 Å². The highest BCUT2D eigenvalue weighted by molar-refractivity contribution is 4.91. The van der Waals surface area contributed by atoms with Crippen molar-refractivity contribution in [2.24, 2.45) is 11.7 Å². The van der Waals surface area contributed by atoms with E-state index >= 15 is 0 Å². The molecule has 0 unspecified atom stereocenters. The van der Waals surface area contributed by atoms with Gasteiger partial charge in [-0.1, -0.05) is 13.8 Å². The summed E-state index contributed by atoms with van der Waals surface area (Å²) in [6, 6.07) is 1.30. The van der Waals surface area contributed by atoms with Crippen LogP contribution < -0.4 is 5.73 Å². The predicted octanol–water partition coefficient (Wildman–Crippen LogP) is 0.750. The third-order valence-corrected chi connectivity index (χ3v) is 3.70. The average Bonchev–Trinajstić information content (AvgIpc) is 2.14. The lowest BCUT2D eigenvalue weighted by atomic mass is 9.86. The van der Waals surface area contributed by atoms with Crippen LogP contribution in [0, 0.1) is 5.92 Å². The van der Waals surface area contributed by atoms with Crippen LogP contribution in [0.15, 0.2) is 0 Å². The van der Waals surface area contributed by atoms with Crippen molar-refractivity contribution in [1.82, 2.24) is 9.80 Å². The summed E-state index contributed by atoms with van der Waals surface area (Å²) >= 11 is 0. The largest absolute Gasteiger partial charge is 0.328 e. The summed E-state index contributed by atoms with van der Waals surface area (Å²) in [6.07, 6.45) is 2.45. The number of piperazine rings is 1. The number of hydrogen-bond acceptors (Lipinski definition) is 3. The molecule has 0 amide bonds. The monoisotopic (exact) mass is 211 g/mol. The Morgan fingerprint density at radius 1 is 1.13 bits per heavy atom. The van der Waals surface area contributed by atoms with E-state index in [0.717, 1.165) is 12.0 Å². The topological polar surface area (TPSA) is 32.5 Å². The Morgan fingerprint density at radius 3 is 2.20 bits per heavy atom. The quantitative estimate of drug-likeness (QED) is 0.748. The fraction of sp³-hybridized carbons (Fsp3) is 1.00. The lowest BCUT2D eigenvalue weighted by Crippen LogP contribution is -2.57. The van der Waals surface area contributed by atoms with E-state index in [9.17, 15) is 0 Å². The van der Waals surface area contributed by atoms with E-state index in [2.05, 4.69) is 23.6 Å². The van der Waals surface area contributed by atoms with Crippen molar-refractivity contribution in [3.63, 3.8) is 0 Å². The van der Waals surface area contributed by atoms with Gasteiger partial charge in [0, 0.05) is 44.8 Å². The van der Waals surface area contributed by atoms with Gasteiger partial charge in [-0.05, 0) is 18.8 Å². The summed E-state index contributed by atoms with van der Waals surface area (Å²) in [7, 11) is 0. The molecule has 0 radical (unpaired) electrons. The molecule has 0 aromatic heterocycles.